The maximum Gasteiger partial charge on any atom is 0 e. The number of hydrogen-bond acceptors (Lipinski definition) is 4. The second kappa shape index (κ2) is 19.4. The number of ketones is 1. The predicted octanol–water partition coefficient (Wildman–Crippen LogP) is 11.2. The first-order valence-corrected chi connectivity index (χ1v) is 23.0. The number of rotatable bonds is 14. The number of allylic oxidation sites excluding steroid dienone is 2. The van der Waals surface area contributed by atoms with E-state index in [1.165, 1.54) is 54.5 Å². The molecule has 0 saturated carbocycles. The fourth-order valence-corrected chi connectivity index (χ4v) is 13.9. The van der Waals surface area contributed by atoms with E-state index >= 15 is 0 Å². The van der Waals surface area contributed by atoms with Crippen LogP contribution in [0.5, 0.6) is 0 Å². The molecule has 3 aromatic carbocycles. The van der Waals surface area contributed by atoms with Gasteiger partial charge in [0.25, 0.3) is 0 Å². The van der Waals surface area contributed by atoms with Crippen LogP contribution in [0.25, 0.3) is 41.5 Å². The van der Waals surface area contributed by atoms with Gasteiger partial charge in [-0.2, -0.15) is 0 Å². The molecule has 0 aliphatic rings. The van der Waals surface area contributed by atoms with E-state index in [2.05, 4.69) is 89.2 Å². The molecule has 0 saturated heterocycles. The largest absolute Gasteiger partial charge is 0 e. The second-order valence-corrected chi connectivity index (χ2v) is 21.2. The molecule has 0 bridgehead atoms. The topological polar surface area (TPSA) is 63.1 Å². The van der Waals surface area contributed by atoms with Crippen molar-refractivity contribution in [2.75, 3.05) is 0 Å². The molecule has 0 amide bonds. The maximum absolute atomic E-state index is 11.7. The standard InChI is InChI=1S/C30H33N2SeSi.C13H24O2.Ir/c1-6-34(7-2,8-3)26-18-23(17-21-12-9-10-14-24(21)26)27-30-28(32-19-31-27)25-15-11-13-22(16-20(4)5)29(25)33-30;1-5-10(6-2)12(14)9-13(15)11(7-3)8-4;/h9-15,18-20H,6-8,16H2,1-5H3;9-11,14H,5-8H2,1-4H3;/q-1;;/b;12-9-;. The Morgan fingerprint density at radius 3 is 2.06 bits per heavy atom. The molecule has 2 heterocycles. The number of hydrogen-bond donors (Lipinski definition) is 1. The molecule has 2 aromatic heterocycles. The number of carbonyl (C=O) groups is 1. The van der Waals surface area contributed by atoms with Crippen LogP contribution < -0.4 is 5.19 Å². The fourth-order valence-electron chi connectivity index (χ4n) is 7.35. The quantitative estimate of drug-likeness (QED) is 0.0522. The van der Waals surface area contributed by atoms with E-state index in [1.54, 1.807) is 11.5 Å². The molecule has 1 N–H and O–H groups in total. The van der Waals surface area contributed by atoms with Gasteiger partial charge in [-0.25, -0.2) is 0 Å². The fraction of sp³-hybridized carbons (Fsp3) is 0.465. The third-order valence-corrected chi connectivity index (χ3v) is 19.0. The maximum atomic E-state index is 11.7. The number of carbonyl (C=O) groups excluding carboxylic acids is 1. The first-order valence-electron chi connectivity index (χ1n) is 18.7. The molecule has 50 heavy (non-hydrogen) atoms. The summed E-state index contributed by atoms with van der Waals surface area (Å²) in [7, 11) is -1.60. The van der Waals surface area contributed by atoms with Crippen molar-refractivity contribution in [2.45, 2.75) is 113 Å². The zero-order valence-corrected chi connectivity index (χ0v) is 36.8. The van der Waals surface area contributed by atoms with Gasteiger partial charge in [-0.15, -0.1) is 0 Å². The monoisotopic (exact) mass is 934 g/mol. The minimum Gasteiger partial charge on any atom is 0 e. The SMILES string of the molecule is CCC(CC)C(=O)/C=C(\O)C(CC)CC.CC[Si](CC)(CC)c1cc(-c2ncnc3c2[se]c2c(CC(C)C)cccc23)[c-]c2ccccc12.[Ir]. The first kappa shape index (κ1) is 42.0. The summed E-state index contributed by atoms with van der Waals surface area (Å²) in [6, 6.07) is 25.6. The molecule has 0 atom stereocenters. The number of benzene rings is 3. The van der Waals surface area contributed by atoms with Crippen LogP contribution in [0.3, 0.4) is 0 Å². The molecule has 0 fully saturated rings. The Hall–Kier alpha value is -2.40. The Morgan fingerprint density at radius 1 is 0.840 bits per heavy atom. The number of aliphatic hydroxyl groups excluding tert-OH is 1. The summed E-state index contributed by atoms with van der Waals surface area (Å²) in [5, 5.41) is 15.3. The normalized spacial score (nSPS) is 12.2. The Bertz CT molecular complexity index is 1880. The molecule has 5 rings (SSSR count). The third-order valence-electron chi connectivity index (χ3n) is 10.7. The summed E-state index contributed by atoms with van der Waals surface area (Å²) in [6.07, 6.45) is 7.79. The number of aromatic nitrogens is 2. The van der Waals surface area contributed by atoms with Gasteiger partial charge in [-0.3, -0.25) is 4.79 Å². The summed E-state index contributed by atoms with van der Waals surface area (Å²) >= 11 is 0.210. The smallest absolute Gasteiger partial charge is 0 e. The Balaban J connectivity index is 0.000000361. The van der Waals surface area contributed by atoms with Crippen molar-refractivity contribution in [3.05, 3.63) is 78.3 Å². The van der Waals surface area contributed by atoms with Gasteiger partial charge in [0, 0.05) is 38.0 Å². The van der Waals surface area contributed by atoms with E-state index in [4.69, 9.17) is 9.97 Å². The van der Waals surface area contributed by atoms with Crippen molar-refractivity contribution in [1.29, 1.82) is 0 Å². The van der Waals surface area contributed by atoms with Crippen LogP contribution in [0.1, 0.15) is 93.6 Å². The van der Waals surface area contributed by atoms with Gasteiger partial charge < -0.3 is 5.11 Å². The van der Waals surface area contributed by atoms with Crippen LogP contribution in [-0.2, 0) is 31.3 Å². The van der Waals surface area contributed by atoms with Gasteiger partial charge in [-0.1, -0.05) is 27.7 Å². The Kier molecular flexibility index (Phi) is 16.3. The molecule has 0 aliphatic heterocycles. The van der Waals surface area contributed by atoms with Crippen LogP contribution >= 0.6 is 0 Å². The molecule has 1 radical (unpaired) electrons. The van der Waals surface area contributed by atoms with E-state index in [0.717, 1.165) is 48.9 Å². The molecular formula is C43H57IrN2O2SeSi-. The minimum absolute atomic E-state index is 0. The molecule has 0 spiro atoms. The van der Waals surface area contributed by atoms with Crippen molar-refractivity contribution in [3.8, 4) is 11.3 Å². The summed E-state index contributed by atoms with van der Waals surface area (Å²) in [5.74, 6) is 1.19. The van der Waals surface area contributed by atoms with Crippen LogP contribution in [-0.4, -0.2) is 43.4 Å². The van der Waals surface area contributed by atoms with Crippen molar-refractivity contribution in [2.24, 2.45) is 17.8 Å². The van der Waals surface area contributed by atoms with Gasteiger partial charge >= 0.3 is 211 Å². The van der Waals surface area contributed by atoms with Crippen LogP contribution in [0.4, 0.5) is 0 Å². The molecule has 0 aliphatic carbocycles. The summed E-state index contributed by atoms with van der Waals surface area (Å²) in [6.45, 7) is 19.9. The Labute approximate surface area is 321 Å². The molecular weight excluding hydrogens is 876 g/mol. The second-order valence-electron chi connectivity index (χ2n) is 13.9. The average molecular weight is 933 g/mol. The van der Waals surface area contributed by atoms with Crippen molar-refractivity contribution in [1.82, 2.24) is 9.97 Å². The van der Waals surface area contributed by atoms with E-state index in [1.807, 2.05) is 27.7 Å². The van der Waals surface area contributed by atoms with Crippen LogP contribution in [0.15, 0.2) is 66.7 Å². The van der Waals surface area contributed by atoms with Gasteiger partial charge in [0.1, 0.15) is 0 Å². The third kappa shape index (κ3) is 9.14. The van der Waals surface area contributed by atoms with E-state index < -0.39 is 8.07 Å². The number of aliphatic hydroxyl groups is 1. The predicted molar refractivity (Wildman–Crippen MR) is 215 cm³/mol. The van der Waals surface area contributed by atoms with Crippen molar-refractivity contribution >= 4 is 63.7 Å². The van der Waals surface area contributed by atoms with E-state index in [-0.39, 0.29) is 58.0 Å². The molecule has 5 aromatic rings. The zero-order valence-electron chi connectivity index (χ0n) is 31.7. The first-order chi connectivity index (χ1) is 23.6. The van der Waals surface area contributed by atoms with Gasteiger partial charge in [-0.05, 0) is 25.7 Å². The summed E-state index contributed by atoms with van der Waals surface area (Å²) < 4.78 is 2.83. The Morgan fingerprint density at radius 2 is 1.46 bits per heavy atom. The summed E-state index contributed by atoms with van der Waals surface area (Å²) in [5.41, 5.74) is 4.86. The van der Waals surface area contributed by atoms with Gasteiger partial charge in [0.05, 0.1) is 5.76 Å². The van der Waals surface area contributed by atoms with Crippen LogP contribution in [0.2, 0.25) is 18.1 Å². The number of nitrogens with zero attached hydrogens (tertiary/aromatic N) is 2. The molecule has 7 heteroatoms. The van der Waals surface area contributed by atoms with Crippen molar-refractivity contribution in [3.63, 3.8) is 0 Å². The molecule has 4 nitrogen and oxygen atoms in total. The van der Waals surface area contributed by atoms with Crippen molar-refractivity contribution < 1.29 is 30.0 Å². The number of fused-ring (bicyclic) bond motifs is 4. The average Bonchev–Trinajstić information content (AvgIpc) is 3.50. The summed E-state index contributed by atoms with van der Waals surface area (Å²) in [4.78, 5) is 21.4. The van der Waals surface area contributed by atoms with Gasteiger partial charge in [0.15, 0.2) is 5.78 Å². The van der Waals surface area contributed by atoms with Gasteiger partial charge in [0.2, 0.25) is 0 Å². The molecule has 271 valence electrons. The minimum atomic E-state index is -1.60. The van der Waals surface area contributed by atoms with E-state index in [9.17, 15) is 9.90 Å². The molecule has 0 unspecified atom stereocenters. The van der Waals surface area contributed by atoms with E-state index in [0.29, 0.717) is 5.92 Å². The van der Waals surface area contributed by atoms with Crippen LogP contribution in [0, 0.1) is 23.8 Å². The zero-order chi connectivity index (χ0) is 35.7.